The molecule has 2 aromatic rings. The fourth-order valence-electron chi connectivity index (χ4n) is 3.37. The number of hydrogen-bond donors (Lipinski definition) is 1. The van der Waals surface area contributed by atoms with Crippen LogP contribution in [0, 0.1) is 12.8 Å². The van der Waals surface area contributed by atoms with Crippen LogP contribution in [-0.2, 0) is 4.79 Å². The van der Waals surface area contributed by atoms with Gasteiger partial charge in [-0.25, -0.2) is 4.68 Å². The number of benzene rings is 1. The number of aliphatic carboxylic acids is 1. The molecule has 1 saturated heterocycles. The van der Waals surface area contributed by atoms with Crippen LogP contribution in [0.25, 0.3) is 5.69 Å². The predicted molar refractivity (Wildman–Crippen MR) is 93.8 cm³/mol. The van der Waals surface area contributed by atoms with Crippen molar-refractivity contribution >= 4 is 11.9 Å². The van der Waals surface area contributed by atoms with E-state index in [0.717, 1.165) is 25.1 Å². The van der Waals surface area contributed by atoms with Crippen LogP contribution in [0.15, 0.2) is 36.5 Å². The lowest BCUT2D eigenvalue weighted by atomic mass is 9.93. The lowest BCUT2D eigenvalue weighted by molar-refractivity contribution is -0.137. The highest BCUT2D eigenvalue weighted by molar-refractivity contribution is 5.95. The van der Waals surface area contributed by atoms with Crippen LogP contribution in [-0.4, -0.2) is 44.8 Å². The van der Waals surface area contributed by atoms with E-state index in [1.54, 1.807) is 10.9 Å². The first-order valence-electron chi connectivity index (χ1n) is 8.67. The predicted octanol–water partition coefficient (Wildman–Crippen LogP) is 2.90. The Labute approximate surface area is 147 Å². The second-order valence-corrected chi connectivity index (χ2v) is 6.60. The molecule has 6 heteroatoms. The minimum absolute atomic E-state index is 0.0142. The first-order chi connectivity index (χ1) is 12.0. The number of likely N-dealkylation sites (tertiary alicyclic amines) is 1. The Bertz CT molecular complexity index is 755. The monoisotopic (exact) mass is 341 g/mol. The molecule has 132 valence electrons. The second kappa shape index (κ2) is 7.51. The van der Waals surface area contributed by atoms with Gasteiger partial charge < -0.3 is 10.0 Å². The van der Waals surface area contributed by atoms with E-state index in [-0.39, 0.29) is 18.2 Å². The molecule has 1 aliphatic heterocycles. The number of carbonyl (C=O) groups is 2. The minimum atomic E-state index is -0.775. The van der Waals surface area contributed by atoms with Gasteiger partial charge >= 0.3 is 5.97 Å². The van der Waals surface area contributed by atoms with Gasteiger partial charge in [-0.1, -0.05) is 18.2 Å². The summed E-state index contributed by atoms with van der Waals surface area (Å²) >= 11 is 0. The summed E-state index contributed by atoms with van der Waals surface area (Å²) in [6, 6.07) is 9.71. The normalized spacial score (nSPS) is 17.5. The van der Waals surface area contributed by atoms with Crippen molar-refractivity contribution in [3.05, 3.63) is 47.8 Å². The third-order valence-electron chi connectivity index (χ3n) is 4.72. The van der Waals surface area contributed by atoms with Crippen molar-refractivity contribution in [2.24, 2.45) is 5.92 Å². The number of para-hydroxylation sites is 1. The fourth-order valence-corrected chi connectivity index (χ4v) is 3.37. The first kappa shape index (κ1) is 17.2. The standard InChI is InChI=1S/C19H23N3O3/c1-14-17(13-22(20-14)16-7-3-2-4-8-16)19(25)21-11-5-6-15(12-21)9-10-18(23)24/h2-4,7-8,13,15H,5-6,9-12H2,1H3,(H,23,24). The van der Waals surface area contributed by atoms with Crippen molar-refractivity contribution < 1.29 is 14.7 Å². The summed E-state index contributed by atoms with van der Waals surface area (Å²) in [6.45, 7) is 3.19. The Kier molecular flexibility index (Phi) is 5.16. The minimum Gasteiger partial charge on any atom is -0.481 e. The van der Waals surface area contributed by atoms with Gasteiger partial charge in [0.05, 0.1) is 16.9 Å². The van der Waals surface area contributed by atoms with Crippen molar-refractivity contribution in [3.63, 3.8) is 0 Å². The zero-order valence-electron chi connectivity index (χ0n) is 14.4. The van der Waals surface area contributed by atoms with Crippen LogP contribution in [0.2, 0.25) is 0 Å². The first-order valence-corrected chi connectivity index (χ1v) is 8.67. The largest absolute Gasteiger partial charge is 0.481 e. The second-order valence-electron chi connectivity index (χ2n) is 6.60. The van der Waals surface area contributed by atoms with Gasteiger partial charge in [0.25, 0.3) is 5.91 Å². The quantitative estimate of drug-likeness (QED) is 0.907. The average molecular weight is 341 g/mol. The van der Waals surface area contributed by atoms with Gasteiger partial charge in [-0.2, -0.15) is 5.10 Å². The van der Waals surface area contributed by atoms with Crippen LogP contribution in [0.1, 0.15) is 41.7 Å². The molecule has 0 aliphatic carbocycles. The van der Waals surface area contributed by atoms with Gasteiger partial charge in [0.1, 0.15) is 0 Å². The highest BCUT2D eigenvalue weighted by atomic mass is 16.4. The summed E-state index contributed by atoms with van der Waals surface area (Å²) in [4.78, 5) is 25.5. The summed E-state index contributed by atoms with van der Waals surface area (Å²) in [7, 11) is 0. The summed E-state index contributed by atoms with van der Waals surface area (Å²) in [6.07, 6.45) is 4.48. The van der Waals surface area contributed by atoms with Gasteiger partial charge in [-0.3, -0.25) is 9.59 Å². The van der Waals surface area contributed by atoms with E-state index in [2.05, 4.69) is 5.10 Å². The third kappa shape index (κ3) is 4.07. The maximum Gasteiger partial charge on any atom is 0.303 e. The molecule has 1 amide bonds. The summed E-state index contributed by atoms with van der Waals surface area (Å²) in [5, 5.41) is 13.3. The van der Waals surface area contributed by atoms with Crippen molar-refractivity contribution in [1.29, 1.82) is 0 Å². The number of carbonyl (C=O) groups excluding carboxylic acids is 1. The number of nitrogens with zero attached hydrogens (tertiary/aromatic N) is 3. The van der Waals surface area contributed by atoms with Crippen LogP contribution in [0.3, 0.4) is 0 Å². The van der Waals surface area contributed by atoms with Crippen LogP contribution < -0.4 is 0 Å². The summed E-state index contributed by atoms with van der Waals surface area (Å²) < 4.78 is 1.73. The van der Waals surface area contributed by atoms with E-state index in [0.29, 0.717) is 24.2 Å². The van der Waals surface area contributed by atoms with Gasteiger partial charge in [0.15, 0.2) is 0 Å². The van der Waals surface area contributed by atoms with E-state index in [1.165, 1.54) is 0 Å². The Hall–Kier alpha value is -2.63. The number of hydrogen-bond acceptors (Lipinski definition) is 3. The number of carboxylic acids is 1. The third-order valence-corrected chi connectivity index (χ3v) is 4.72. The molecule has 3 rings (SSSR count). The molecular formula is C19H23N3O3. The maximum absolute atomic E-state index is 12.9. The number of aromatic nitrogens is 2. The molecule has 1 aromatic carbocycles. The van der Waals surface area contributed by atoms with Gasteiger partial charge in [0, 0.05) is 25.7 Å². The van der Waals surface area contributed by atoms with E-state index >= 15 is 0 Å². The Morgan fingerprint density at radius 1 is 1.28 bits per heavy atom. The van der Waals surface area contributed by atoms with Crippen molar-refractivity contribution in [1.82, 2.24) is 14.7 Å². The smallest absolute Gasteiger partial charge is 0.303 e. The Morgan fingerprint density at radius 2 is 2.04 bits per heavy atom. The van der Waals surface area contributed by atoms with E-state index in [1.807, 2.05) is 42.2 Å². The fraction of sp³-hybridized carbons (Fsp3) is 0.421. The highest BCUT2D eigenvalue weighted by Gasteiger charge is 2.26. The van der Waals surface area contributed by atoms with E-state index in [4.69, 9.17) is 5.11 Å². The number of aryl methyl sites for hydroxylation is 1. The molecule has 1 aromatic heterocycles. The van der Waals surface area contributed by atoms with Gasteiger partial charge in [-0.05, 0) is 44.2 Å². The molecule has 1 atom stereocenters. The van der Waals surface area contributed by atoms with Gasteiger partial charge in [-0.15, -0.1) is 0 Å². The molecule has 0 saturated carbocycles. The van der Waals surface area contributed by atoms with Crippen molar-refractivity contribution in [2.75, 3.05) is 13.1 Å². The molecule has 6 nitrogen and oxygen atoms in total. The summed E-state index contributed by atoms with van der Waals surface area (Å²) in [5.74, 6) is -0.526. The zero-order valence-corrected chi connectivity index (χ0v) is 14.4. The molecule has 25 heavy (non-hydrogen) atoms. The van der Waals surface area contributed by atoms with Crippen LogP contribution in [0.4, 0.5) is 0 Å². The number of piperidine rings is 1. The number of amides is 1. The molecule has 2 heterocycles. The molecule has 0 radical (unpaired) electrons. The lowest BCUT2D eigenvalue weighted by Crippen LogP contribution is -2.40. The summed E-state index contributed by atoms with van der Waals surface area (Å²) in [5.41, 5.74) is 2.24. The molecule has 1 fully saturated rings. The van der Waals surface area contributed by atoms with Gasteiger partial charge in [0.2, 0.25) is 0 Å². The van der Waals surface area contributed by atoms with Crippen LogP contribution in [0.5, 0.6) is 0 Å². The topological polar surface area (TPSA) is 75.4 Å². The highest BCUT2D eigenvalue weighted by Crippen LogP contribution is 2.23. The molecule has 0 spiro atoms. The number of carboxylic acid groups (broad SMARTS) is 1. The number of rotatable bonds is 5. The Morgan fingerprint density at radius 3 is 2.76 bits per heavy atom. The Balaban J connectivity index is 1.72. The average Bonchev–Trinajstić information content (AvgIpc) is 3.02. The van der Waals surface area contributed by atoms with E-state index < -0.39 is 5.97 Å². The van der Waals surface area contributed by atoms with Crippen LogP contribution >= 0.6 is 0 Å². The molecule has 1 N–H and O–H groups in total. The lowest BCUT2D eigenvalue weighted by Gasteiger charge is -2.32. The van der Waals surface area contributed by atoms with Crippen molar-refractivity contribution in [2.45, 2.75) is 32.6 Å². The maximum atomic E-state index is 12.9. The molecular weight excluding hydrogens is 318 g/mol. The van der Waals surface area contributed by atoms with Crippen molar-refractivity contribution in [3.8, 4) is 5.69 Å². The zero-order chi connectivity index (χ0) is 17.8. The van der Waals surface area contributed by atoms with E-state index in [9.17, 15) is 9.59 Å². The SMILES string of the molecule is Cc1nn(-c2ccccc2)cc1C(=O)N1CCCC(CCC(=O)O)C1. The molecule has 1 unspecified atom stereocenters. The molecule has 0 bridgehead atoms. The molecule has 1 aliphatic rings.